The molecule has 1 amide bonds. The van der Waals surface area contributed by atoms with Crippen LogP contribution in [0, 0.1) is 0 Å². The van der Waals surface area contributed by atoms with Gasteiger partial charge in [0.1, 0.15) is 0 Å². The van der Waals surface area contributed by atoms with Crippen LogP contribution < -0.4 is 5.32 Å². The molecular weight excluding hydrogens is 314 g/mol. The first-order valence-corrected chi connectivity index (χ1v) is 7.56. The number of rotatable bonds is 2. The molecule has 0 saturated heterocycles. The molecule has 3 heteroatoms. The van der Waals surface area contributed by atoms with Gasteiger partial charge in [-0.25, -0.2) is 0 Å². The SMILES string of the molecule is CC1(C)C(=O)Nc2ccc(C(Br)c3ccccc3)cc21. The van der Waals surface area contributed by atoms with Crippen molar-refractivity contribution in [1.29, 1.82) is 0 Å². The maximum absolute atomic E-state index is 12.0. The molecule has 0 saturated carbocycles. The van der Waals surface area contributed by atoms with E-state index in [1.807, 2.05) is 38.1 Å². The Kier molecular flexibility index (Phi) is 3.17. The van der Waals surface area contributed by atoms with Gasteiger partial charge < -0.3 is 5.32 Å². The van der Waals surface area contributed by atoms with E-state index in [2.05, 4.69) is 45.5 Å². The van der Waals surface area contributed by atoms with Gasteiger partial charge in [0.2, 0.25) is 5.91 Å². The molecule has 0 aromatic heterocycles. The molecule has 1 heterocycles. The van der Waals surface area contributed by atoms with Crippen molar-refractivity contribution in [3.63, 3.8) is 0 Å². The highest BCUT2D eigenvalue weighted by molar-refractivity contribution is 9.09. The van der Waals surface area contributed by atoms with Crippen molar-refractivity contribution in [3.05, 3.63) is 65.2 Å². The molecule has 1 N–H and O–H groups in total. The first-order chi connectivity index (χ1) is 9.50. The fourth-order valence-corrected chi connectivity index (χ4v) is 3.15. The van der Waals surface area contributed by atoms with Gasteiger partial charge >= 0.3 is 0 Å². The monoisotopic (exact) mass is 329 g/mol. The maximum Gasteiger partial charge on any atom is 0.234 e. The van der Waals surface area contributed by atoms with E-state index in [9.17, 15) is 4.79 Å². The second-order valence-corrected chi connectivity index (χ2v) is 6.57. The van der Waals surface area contributed by atoms with Crippen LogP contribution in [0.25, 0.3) is 0 Å². The molecule has 20 heavy (non-hydrogen) atoms. The van der Waals surface area contributed by atoms with Crippen molar-refractivity contribution in [2.75, 3.05) is 5.32 Å². The molecule has 3 rings (SSSR count). The Morgan fingerprint density at radius 2 is 1.75 bits per heavy atom. The zero-order valence-corrected chi connectivity index (χ0v) is 13.1. The lowest BCUT2D eigenvalue weighted by Crippen LogP contribution is -2.26. The first kappa shape index (κ1) is 13.4. The Morgan fingerprint density at radius 3 is 2.45 bits per heavy atom. The number of carbonyl (C=O) groups is 1. The number of carbonyl (C=O) groups excluding carboxylic acids is 1. The topological polar surface area (TPSA) is 29.1 Å². The Morgan fingerprint density at radius 1 is 1.05 bits per heavy atom. The van der Waals surface area contributed by atoms with Gasteiger partial charge in [-0.05, 0) is 36.6 Å². The van der Waals surface area contributed by atoms with Gasteiger partial charge in [-0.1, -0.05) is 58.4 Å². The lowest BCUT2D eigenvalue weighted by molar-refractivity contribution is -0.119. The average molecular weight is 330 g/mol. The van der Waals surface area contributed by atoms with Gasteiger partial charge in [-0.15, -0.1) is 0 Å². The Hall–Kier alpha value is -1.61. The number of benzene rings is 2. The first-order valence-electron chi connectivity index (χ1n) is 6.65. The van der Waals surface area contributed by atoms with E-state index in [1.54, 1.807) is 0 Å². The normalized spacial score (nSPS) is 17.4. The largest absolute Gasteiger partial charge is 0.325 e. The summed E-state index contributed by atoms with van der Waals surface area (Å²) < 4.78 is 0. The van der Waals surface area contributed by atoms with Crippen molar-refractivity contribution < 1.29 is 4.79 Å². The van der Waals surface area contributed by atoms with Crippen LogP contribution >= 0.6 is 15.9 Å². The summed E-state index contributed by atoms with van der Waals surface area (Å²) in [5.41, 5.74) is 3.91. The summed E-state index contributed by atoms with van der Waals surface area (Å²) in [7, 11) is 0. The molecule has 2 aromatic rings. The highest BCUT2D eigenvalue weighted by atomic mass is 79.9. The zero-order chi connectivity index (χ0) is 14.3. The van der Waals surface area contributed by atoms with Gasteiger partial charge in [-0.2, -0.15) is 0 Å². The predicted octanol–water partition coefficient (Wildman–Crippen LogP) is 4.40. The summed E-state index contributed by atoms with van der Waals surface area (Å²) in [4.78, 5) is 12.1. The van der Waals surface area contributed by atoms with Crippen LogP contribution in [-0.2, 0) is 10.2 Å². The molecule has 0 bridgehead atoms. The van der Waals surface area contributed by atoms with E-state index < -0.39 is 5.41 Å². The van der Waals surface area contributed by atoms with Gasteiger partial charge in [0, 0.05) is 5.69 Å². The molecule has 1 aliphatic heterocycles. The Balaban J connectivity index is 2.02. The number of hydrogen-bond acceptors (Lipinski definition) is 1. The third-order valence-electron chi connectivity index (χ3n) is 3.92. The molecular formula is C17H16BrNO. The molecule has 0 aliphatic carbocycles. The summed E-state index contributed by atoms with van der Waals surface area (Å²) in [6.07, 6.45) is 0. The quantitative estimate of drug-likeness (QED) is 0.813. The van der Waals surface area contributed by atoms with Gasteiger partial charge in [0.05, 0.1) is 10.2 Å². The average Bonchev–Trinajstić information content (AvgIpc) is 2.69. The fourth-order valence-electron chi connectivity index (χ4n) is 2.56. The van der Waals surface area contributed by atoms with E-state index >= 15 is 0 Å². The van der Waals surface area contributed by atoms with Crippen LogP contribution in [0.15, 0.2) is 48.5 Å². The van der Waals surface area contributed by atoms with Crippen LogP contribution in [0.3, 0.4) is 0 Å². The summed E-state index contributed by atoms with van der Waals surface area (Å²) >= 11 is 3.75. The van der Waals surface area contributed by atoms with Crippen LogP contribution in [0.4, 0.5) is 5.69 Å². The van der Waals surface area contributed by atoms with Crippen molar-refractivity contribution in [2.45, 2.75) is 24.1 Å². The highest BCUT2D eigenvalue weighted by Gasteiger charge is 2.38. The maximum atomic E-state index is 12.0. The van der Waals surface area contributed by atoms with E-state index in [4.69, 9.17) is 0 Å². The third kappa shape index (κ3) is 2.06. The minimum absolute atomic E-state index is 0.0653. The predicted molar refractivity (Wildman–Crippen MR) is 85.3 cm³/mol. The van der Waals surface area contributed by atoms with Crippen LogP contribution in [0.2, 0.25) is 0 Å². The molecule has 1 atom stereocenters. The molecule has 2 nitrogen and oxygen atoms in total. The van der Waals surface area contributed by atoms with E-state index in [0.29, 0.717) is 0 Å². The molecule has 1 unspecified atom stereocenters. The Labute approximate surface area is 127 Å². The third-order valence-corrected chi connectivity index (χ3v) is 4.98. The molecule has 0 spiro atoms. The molecule has 0 fully saturated rings. The minimum Gasteiger partial charge on any atom is -0.325 e. The van der Waals surface area contributed by atoms with Gasteiger partial charge in [0.15, 0.2) is 0 Å². The van der Waals surface area contributed by atoms with Gasteiger partial charge in [0.25, 0.3) is 0 Å². The van der Waals surface area contributed by atoms with E-state index in [1.165, 1.54) is 11.1 Å². The second kappa shape index (κ2) is 4.74. The highest BCUT2D eigenvalue weighted by Crippen LogP contribution is 2.40. The number of nitrogens with one attached hydrogen (secondary N) is 1. The van der Waals surface area contributed by atoms with Crippen molar-refractivity contribution in [1.82, 2.24) is 0 Å². The lowest BCUT2D eigenvalue weighted by atomic mass is 9.85. The Bertz CT molecular complexity index is 664. The van der Waals surface area contributed by atoms with Crippen molar-refractivity contribution in [3.8, 4) is 0 Å². The summed E-state index contributed by atoms with van der Waals surface area (Å²) in [5.74, 6) is 0.0653. The second-order valence-electron chi connectivity index (χ2n) is 5.66. The summed E-state index contributed by atoms with van der Waals surface area (Å²) in [5, 5.41) is 2.94. The number of amides is 1. The number of halogens is 1. The minimum atomic E-state index is -0.464. The van der Waals surface area contributed by atoms with Crippen molar-refractivity contribution in [2.24, 2.45) is 0 Å². The fraction of sp³-hybridized carbons (Fsp3) is 0.235. The van der Waals surface area contributed by atoms with Crippen LogP contribution in [0.5, 0.6) is 0 Å². The van der Waals surface area contributed by atoms with Crippen LogP contribution in [-0.4, -0.2) is 5.91 Å². The molecule has 2 aromatic carbocycles. The molecule has 0 radical (unpaired) electrons. The standard InChI is InChI=1S/C17H16BrNO/c1-17(2)13-10-12(8-9-14(13)19-16(17)20)15(18)11-6-4-3-5-7-11/h3-10,15H,1-2H3,(H,19,20). The van der Waals surface area contributed by atoms with Crippen molar-refractivity contribution >= 4 is 27.5 Å². The lowest BCUT2D eigenvalue weighted by Gasteiger charge is -2.17. The number of alkyl halides is 1. The zero-order valence-electron chi connectivity index (χ0n) is 11.5. The molecule has 1 aliphatic rings. The van der Waals surface area contributed by atoms with Crippen LogP contribution in [0.1, 0.15) is 35.4 Å². The van der Waals surface area contributed by atoms with E-state index in [0.717, 1.165) is 11.3 Å². The van der Waals surface area contributed by atoms with Gasteiger partial charge in [-0.3, -0.25) is 4.79 Å². The smallest absolute Gasteiger partial charge is 0.234 e. The number of anilines is 1. The summed E-state index contributed by atoms with van der Waals surface area (Å²) in [6, 6.07) is 16.5. The van der Waals surface area contributed by atoms with E-state index in [-0.39, 0.29) is 10.7 Å². The molecule has 102 valence electrons. The number of hydrogen-bond donors (Lipinski definition) is 1. The number of fused-ring (bicyclic) bond motifs is 1. The summed E-state index contributed by atoms with van der Waals surface area (Å²) in [6.45, 7) is 3.92.